The normalized spacial score (nSPS) is 22.4. The van der Waals surface area contributed by atoms with Crippen LogP contribution in [0.2, 0.25) is 0 Å². The van der Waals surface area contributed by atoms with E-state index in [0.717, 1.165) is 20.5 Å². The zero-order valence-corrected chi connectivity index (χ0v) is 23.5. The predicted molar refractivity (Wildman–Crippen MR) is 153 cm³/mol. The van der Waals surface area contributed by atoms with Crippen LogP contribution in [0.4, 0.5) is 5.69 Å². The molecule has 206 valence electrons. The number of aromatic hydroxyl groups is 1. The second-order valence-electron chi connectivity index (χ2n) is 10.3. The molecule has 2 aromatic carbocycles. The summed E-state index contributed by atoms with van der Waals surface area (Å²) >= 11 is 3.42. The molecule has 1 aliphatic carbocycles. The van der Waals surface area contributed by atoms with E-state index in [1.165, 1.54) is 12.1 Å². The number of carbonyl (C=O) groups excluding carboxylic acids is 2. The van der Waals surface area contributed by atoms with E-state index in [2.05, 4.69) is 15.9 Å². The number of amides is 2. The summed E-state index contributed by atoms with van der Waals surface area (Å²) in [7, 11) is -1.75. The molecular formula is C29H33BBrNO7. The number of halogens is 1. The van der Waals surface area contributed by atoms with E-state index in [0.29, 0.717) is 36.8 Å². The Balaban J connectivity index is 1.56. The highest BCUT2D eigenvalue weighted by Crippen LogP contribution is 2.47. The number of carbonyl (C=O) groups is 2. The molecule has 2 aliphatic rings. The molecule has 39 heavy (non-hydrogen) atoms. The number of hydrogen-bond donors (Lipinski definition) is 5. The first kappa shape index (κ1) is 29.2. The van der Waals surface area contributed by atoms with Crippen LogP contribution < -0.4 is 10.4 Å². The smallest absolute Gasteiger partial charge is 0.488 e. The molecular weight excluding hydrogens is 565 g/mol. The molecule has 2 aromatic rings. The summed E-state index contributed by atoms with van der Waals surface area (Å²) in [5.74, 6) is -2.90. The summed E-state index contributed by atoms with van der Waals surface area (Å²) in [5, 5.41) is 51.0. The zero-order chi connectivity index (χ0) is 28.4. The average Bonchev–Trinajstić information content (AvgIpc) is 3.16. The van der Waals surface area contributed by atoms with Crippen LogP contribution in [0.15, 0.2) is 63.7 Å². The van der Waals surface area contributed by atoms with Gasteiger partial charge in [-0.3, -0.25) is 14.5 Å². The molecule has 1 aliphatic heterocycles. The molecule has 1 heterocycles. The van der Waals surface area contributed by atoms with Gasteiger partial charge in [0.2, 0.25) is 11.8 Å². The summed E-state index contributed by atoms with van der Waals surface area (Å²) in [6.45, 7) is 3.44. The molecule has 4 atom stereocenters. The minimum atomic E-state index is -1.75. The number of imide groups is 1. The maximum absolute atomic E-state index is 13.6. The van der Waals surface area contributed by atoms with Crippen molar-refractivity contribution in [3.8, 4) is 5.75 Å². The number of nitrogens with zero attached hydrogens (tertiary/aromatic N) is 1. The lowest BCUT2D eigenvalue weighted by Gasteiger charge is -2.35. The highest BCUT2D eigenvalue weighted by molar-refractivity contribution is 9.10. The van der Waals surface area contributed by atoms with E-state index in [-0.39, 0.29) is 16.9 Å². The van der Waals surface area contributed by atoms with Crippen LogP contribution >= 0.6 is 15.9 Å². The number of hydrogen-bond acceptors (Lipinski definition) is 7. The second kappa shape index (κ2) is 12.2. The standard InChI is InChI=1S/C29H33BBrNO7/c1-3-17(12-18-13-20(31)8-10-24(18)34)7-9-25(35)26-16(2)11-22-27(23(26)15-33)29(37)32(28(22)36)21-6-4-5-19(14-21)30(38)39/h4-6,8,10,12-14,22-23,25,27,33-35,38-39H,3,7,9,11,15H2,1-2H3/b17-12+/t22-,23+,25-,27-/m1/s1. The first-order chi connectivity index (χ1) is 18.6. The molecule has 4 rings (SSSR count). The van der Waals surface area contributed by atoms with Gasteiger partial charge in [-0.05, 0) is 74.0 Å². The summed E-state index contributed by atoms with van der Waals surface area (Å²) in [5.41, 5.74) is 3.49. The highest BCUT2D eigenvalue weighted by Gasteiger charge is 2.54. The Labute approximate surface area is 236 Å². The molecule has 8 nitrogen and oxygen atoms in total. The minimum absolute atomic E-state index is 0.156. The third-order valence-corrected chi connectivity index (χ3v) is 8.35. The lowest BCUT2D eigenvalue weighted by molar-refractivity contribution is -0.123. The molecule has 2 amide bonds. The van der Waals surface area contributed by atoms with Crippen molar-refractivity contribution in [2.45, 2.75) is 45.6 Å². The van der Waals surface area contributed by atoms with Crippen LogP contribution in [-0.4, -0.2) is 57.0 Å². The number of aliphatic hydroxyl groups is 2. The number of rotatable bonds is 9. The summed E-state index contributed by atoms with van der Waals surface area (Å²) < 4.78 is 0.842. The molecule has 1 fully saturated rings. The monoisotopic (exact) mass is 597 g/mol. The summed E-state index contributed by atoms with van der Waals surface area (Å²) in [6, 6.07) is 11.2. The van der Waals surface area contributed by atoms with Gasteiger partial charge in [0.1, 0.15) is 5.75 Å². The van der Waals surface area contributed by atoms with Crippen molar-refractivity contribution >= 4 is 52.1 Å². The summed E-state index contributed by atoms with van der Waals surface area (Å²) in [6.07, 6.45) is 2.90. The van der Waals surface area contributed by atoms with E-state index in [1.54, 1.807) is 24.3 Å². The molecule has 0 radical (unpaired) electrons. The van der Waals surface area contributed by atoms with E-state index in [9.17, 15) is 35.0 Å². The van der Waals surface area contributed by atoms with Gasteiger partial charge in [0.15, 0.2) is 0 Å². The van der Waals surface area contributed by atoms with Crippen molar-refractivity contribution in [3.05, 3.63) is 69.2 Å². The quantitative estimate of drug-likeness (QED) is 0.170. The lowest BCUT2D eigenvalue weighted by atomic mass is 9.68. The molecule has 0 aromatic heterocycles. The van der Waals surface area contributed by atoms with Gasteiger partial charge in [-0.25, -0.2) is 0 Å². The van der Waals surface area contributed by atoms with Gasteiger partial charge in [-0.1, -0.05) is 52.2 Å². The van der Waals surface area contributed by atoms with Crippen LogP contribution in [0.5, 0.6) is 5.75 Å². The van der Waals surface area contributed by atoms with Gasteiger partial charge in [0.25, 0.3) is 0 Å². The van der Waals surface area contributed by atoms with Crippen LogP contribution in [0.1, 0.15) is 45.1 Å². The second-order valence-corrected chi connectivity index (χ2v) is 11.2. The van der Waals surface area contributed by atoms with Gasteiger partial charge in [0, 0.05) is 16.0 Å². The fraction of sp³-hybridized carbons (Fsp3) is 0.379. The number of allylic oxidation sites excluding steroid dienone is 2. The van der Waals surface area contributed by atoms with Crippen LogP contribution in [-0.2, 0) is 9.59 Å². The van der Waals surface area contributed by atoms with Crippen LogP contribution in [0, 0.1) is 17.8 Å². The van der Waals surface area contributed by atoms with Gasteiger partial charge in [-0.2, -0.15) is 0 Å². The van der Waals surface area contributed by atoms with Crippen LogP contribution in [0.25, 0.3) is 6.08 Å². The Morgan fingerprint density at radius 1 is 1.18 bits per heavy atom. The van der Waals surface area contributed by atoms with Gasteiger partial charge >= 0.3 is 7.12 Å². The molecule has 0 saturated carbocycles. The van der Waals surface area contributed by atoms with Crippen molar-refractivity contribution in [2.75, 3.05) is 11.5 Å². The molecule has 0 unspecified atom stereocenters. The fourth-order valence-electron chi connectivity index (χ4n) is 5.89. The Morgan fingerprint density at radius 3 is 2.59 bits per heavy atom. The van der Waals surface area contributed by atoms with Gasteiger partial charge in [-0.15, -0.1) is 0 Å². The zero-order valence-electron chi connectivity index (χ0n) is 21.9. The van der Waals surface area contributed by atoms with Gasteiger partial charge in [0.05, 0.1) is 30.2 Å². The number of aliphatic hydroxyl groups excluding tert-OH is 2. The molecule has 0 bridgehead atoms. The molecule has 1 saturated heterocycles. The van der Waals surface area contributed by atoms with Gasteiger partial charge < -0.3 is 25.4 Å². The largest absolute Gasteiger partial charge is 0.507 e. The van der Waals surface area contributed by atoms with E-state index < -0.39 is 49.4 Å². The maximum atomic E-state index is 13.6. The number of phenols is 1. The molecule has 5 N–H and O–H groups in total. The SMILES string of the molecule is CC/C(=C\c1cc(Br)ccc1O)CC[C@@H](O)C1=C(C)C[C@H]2C(=O)N(c3cccc(B(O)O)c3)C(=O)[C@H]2[C@H]1CO. The Morgan fingerprint density at radius 2 is 1.92 bits per heavy atom. The minimum Gasteiger partial charge on any atom is -0.507 e. The molecule has 10 heteroatoms. The first-order valence-corrected chi connectivity index (χ1v) is 13.9. The lowest BCUT2D eigenvalue weighted by Crippen LogP contribution is -2.39. The topological polar surface area (TPSA) is 139 Å². The summed E-state index contributed by atoms with van der Waals surface area (Å²) in [4.78, 5) is 28.0. The average molecular weight is 598 g/mol. The van der Waals surface area contributed by atoms with Crippen molar-refractivity contribution in [1.82, 2.24) is 0 Å². The van der Waals surface area contributed by atoms with Crippen LogP contribution in [0.3, 0.4) is 0 Å². The maximum Gasteiger partial charge on any atom is 0.488 e. The Kier molecular flexibility index (Phi) is 9.13. The molecule has 0 spiro atoms. The van der Waals surface area contributed by atoms with E-state index >= 15 is 0 Å². The van der Waals surface area contributed by atoms with E-state index in [4.69, 9.17) is 0 Å². The highest BCUT2D eigenvalue weighted by atomic mass is 79.9. The number of fused-ring (bicyclic) bond motifs is 1. The van der Waals surface area contributed by atoms with Crippen molar-refractivity contribution in [3.63, 3.8) is 0 Å². The fourth-order valence-corrected chi connectivity index (χ4v) is 6.26. The van der Waals surface area contributed by atoms with Crippen molar-refractivity contribution < 1.29 is 35.0 Å². The first-order valence-electron chi connectivity index (χ1n) is 13.1. The van der Waals surface area contributed by atoms with E-state index in [1.807, 2.05) is 26.0 Å². The Hall–Kier alpha value is -2.76. The Bertz CT molecular complexity index is 1320. The van der Waals surface area contributed by atoms with Crippen molar-refractivity contribution in [2.24, 2.45) is 17.8 Å². The number of phenolic OH excluding ortho intramolecular Hbond substituents is 1. The number of anilines is 1. The third kappa shape index (κ3) is 5.90. The van der Waals surface area contributed by atoms with Crippen molar-refractivity contribution in [1.29, 1.82) is 0 Å². The third-order valence-electron chi connectivity index (χ3n) is 7.85. The number of benzene rings is 2. The predicted octanol–water partition coefficient (Wildman–Crippen LogP) is 2.90.